The van der Waals surface area contributed by atoms with Gasteiger partial charge in [-0.2, -0.15) is 9.25 Å². The van der Waals surface area contributed by atoms with Crippen LogP contribution in [-0.2, 0) is 13.8 Å². The van der Waals surface area contributed by atoms with Gasteiger partial charge in [-0.1, -0.05) is 36.4 Å². The van der Waals surface area contributed by atoms with Gasteiger partial charge in [0.1, 0.15) is 0 Å². The maximum atomic E-state index is 12.0. The molecule has 0 amide bonds. The standard InChI is InChI=1S/C13H15N2O3P/c1-19(16,17-14-12-8-4-2-5-9-12)18-15-13-10-6-3-7-11-13/h2-11,14-15H,1H3. The van der Waals surface area contributed by atoms with Crippen LogP contribution in [0.2, 0.25) is 0 Å². The van der Waals surface area contributed by atoms with Crippen LogP contribution in [0.3, 0.4) is 0 Å². The smallest absolute Gasteiger partial charge is 0.258 e. The van der Waals surface area contributed by atoms with Crippen molar-refractivity contribution in [1.29, 1.82) is 0 Å². The molecule has 0 aliphatic rings. The number of anilines is 2. The van der Waals surface area contributed by atoms with E-state index in [9.17, 15) is 4.57 Å². The Bertz CT molecular complexity index is 501. The molecule has 2 N–H and O–H groups in total. The van der Waals surface area contributed by atoms with Crippen molar-refractivity contribution in [2.75, 3.05) is 17.6 Å². The summed E-state index contributed by atoms with van der Waals surface area (Å²) in [4.78, 5) is 0. The maximum absolute atomic E-state index is 12.0. The summed E-state index contributed by atoms with van der Waals surface area (Å²) in [7, 11) is -3.25. The molecular formula is C13H15N2O3P. The lowest BCUT2D eigenvalue weighted by atomic mass is 10.3. The largest absolute Gasteiger partial charge is 0.369 e. The highest BCUT2D eigenvalue weighted by atomic mass is 31.2. The molecule has 0 radical (unpaired) electrons. The Morgan fingerprint density at radius 1 is 0.789 bits per heavy atom. The number of hydrogen-bond acceptors (Lipinski definition) is 5. The first-order chi connectivity index (χ1) is 9.16. The first-order valence-corrected chi connectivity index (χ1v) is 7.71. The van der Waals surface area contributed by atoms with E-state index >= 15 is 0 Å². The number of hydrogen-bond donors (Lipinski definition) is 2. The molecule has 0 bridgehead atoms. The highest BCUT2D eigenvalue weighted by Crippen LogP contribution is 2.43. The highest BCUT2D eigenvalue weighted by Gasteiger charge is 2.18. The molecule has 2 rings (SSSR count). The Morgan fingerprint density at radius 2 is 1.16 bits per heavy atom. The minimum Gasteiger partial charge on any atom is -0.258 e. The third-order valence-electron chi connectivity index (χ3n) is 2.21. The molecule has 0 unspecified atom stereocenters. The van der Waals surface area contributed by atoms with Crippen molar-refractivity contribution in [2.45, 2.75) is 0 Å². The van der Waals surface area contributed by atoms with E-state index in [1.807, 2.05) is 36.4 Å². The van der Waals surface area contributed by atoms with Crippen LogP contribution in [0.15, 0.2) is 60.7 Å². The zero-order valence-corrected chi connectivity index (χ0v) is 11.3. The second-order valence-electron chi connectivity index (χ2n) is 3.89. The van der Waals surface area contributed by atoms with Crippen molar-refractivity contribution in [1.82, 2.24) is 0 Å². The van der Waals surface area contributed by atoms with E-state index in [4.69, 9.17) is 9.25 Å². The van der Waals surface area contributed by atoms with Crippen LogP contribution in [-0.4, -0.2) is 6.66 Å². The fraction of sp³-hybridized carbons (Fsp3) is 0.0769. The molecule has 0 saturated heterocycles. The van der Waals surface area contributed by atoms with Crippen LogP contribution in [0.25, 0.3) is 0 Å². The van der Waals surface area contributed by atoms with E-state index < -0.39 is 7.60 Å². The van der Waals surface area contributed by atoms with Crippen molar-refractivity contribution >= 4 is 19.0 Å². The van der Waals surface area contributed by atoms with Crippen molar-refractivity contribution in [2.24, 2.45) is 0 Å². The quantitative estimate of drug-likeness (QED) is 0.620. The minimum atomic E-state index is -3.25. The molecule has 0 spiro atoms. The molecule has 100 valence electrons. The molecule has 19 heavy (non-hydrogen) atoms. The molecule has 5 nitrogen and oxygen atoms in total. The van der Waals surface area contributed by atoms with Crippen LogP contribution in [0.5, 0.6) is 0 Å². The summed E-state index contributed by atoms with van der Waals surface area (Å²) in [5.74, 6) is 0. The summed E-state index contributed by atoms with van der Waals surface area (Å²) >= 11 is 0. The van der Waals surface area contributed by atoms with Gasteiger partial charge in [-0.15, -0.1) is 0 Å². The van der Waals surface area contributed by atoms with E-state index in [1.54, 1.807) is 24.3 Å². The topological polar surface area (TPSA) is 59.6 Å². The van der Waals surface area contributed by atoms with Gasteiger partial charge in [0, 0.05) is 6.66 Å². The number of nitrogens with one attached hydrogen (secondary N) is 2. The summed E-state index contributed by atoms with van der Waals surface area (Å²) in [6, 6.07) is 18.3. The average Bonchev–Trinajstić information content (AvgIpc) is 2.46. The van der Waals surface area contributed by atoms with Gasteiger partial charge in [0.05, 0.1) is 11.4 Å². The lowest BCUT2D eigenvalue weighted by Gasteiger charge is -2.15. The van der Waals surface area contributed by atoms with Crippen molar-refractivity contribution < 1.29 is 13.8 Å². The van der Waals surface area contributed by atoms with Crippen LogP contribution >= 0.6 is 7.60 Å². The molecule has 0 aliphatic carbocycles. The van der Waals surface area contributed by atoms with Gasteiger partial charge < -0.3 is 0 Å². The van der Waals surface area contributed by atoms with Gasteiger partial charge in [0.2, 0.25) is 0 Å². The SMILES string of the molecule is CP(=O)(ONc1ccccc1)ONc1ccccc1. The Morgan fingerprint density at radius 3 is 1.53 bits per heavy atom. The zero-order valence-electron chi connectivity index (χ0n) is 10.4. The van der Waals surface area contributed by atoms with Crippen LogP contribution in [0.4, 0.5) is 11.4 Å². The molecule has 0 aromatic heterocycles. The minimum absolute atomic E-state index is 0.702. The monoisotopic (exact) mass is 278 g/mol. The van der Waals surface area contributed by atoms with Gasteiger partial charge in [0.25, 0.3) is 0 Å². The van der Waals surface area contributed by atoms with Crippen LogP contribution in [0, 0.1) is 0 Å². The molecule has 0 heterocycles. The summed E-state index contributed by atoms with van der Waals surface area (Å²) in [6.45, 7) is 1.37. The Kier molecular flexibility index (Phi) is 4.58. The van der Waals surface area contributed by atoms with Crippen molar-refractivity contribution in [3.05, 3.63) is 60.7 Å². The van der Waals surface area contributed by atoms with Gasteiger partial charge in [-0.3, -0.25) is 15.5 Å². The maximum Gasteiger partial charge on any atom is 0.369 e. The number of rotatable bonds is 6. The summed E-state index contributed by atoms with van der Waals surface area (Å²) in [5.41, 5.74) is 6.59. The molecule has 0 saturated carbocycles. The third-order valence-corrected chi connectivity index (χ3v) is 3.05. The fourth-order valence-corrected chi connectivity index (χ4v) is 1.88. The van der Waals surface area contributed by atoms with Gasteiger partial charge in [-0.05, 0) is 24.3 Å². The van der Waals surface area contributed by atoms with Crippen LogP contribution in [0.1, 0.15) is 0 Å². The van der Waals surface area contributed by atoms with Gasteiger partial charge >= 0.3 is 7.60 Å². The van der Waals surface area contributed by atoms with Crippen molar-refractivity contribution in [3.63, 3.8) is 0 Å². The Hall–Kier alpha value is -1.81. The second kappa shape index (κ2) is 6.38. The molecule has 2 aromatic carbocycles. The van der Waals surface area contributed by atoms with Gasteiger partial charge in [0.15, 0.2) is 0 Å². The lowest BCUT2D eigenvalue weighted by molar-refractivity contribution is 0.276. The van der Waals surface area contributed by atoms with E-state index in [0.717, 1.165) is 0 Å². The first kappa shape index (κ1) is 13.6. The molecular weight excluding hydrogens is 263 g/mol. The predicted octanol–water partition coefficient (Wildman–Crippen LogP) is 3.90. The third kappa shape index (κ3) is 4.75. The molecule has 0 aliphatic heterocycles. The van der Waals surface area contributed by atoms with E-state index in [2.05, 4.69) is 11.0 Å². The molecule has 0 atom stereocenters. The van der Waals surface area contributed by atoms with Crippen LogP contribution < -0.4 is 11.0 Å². The highest BCUT2D eigenvalue weighted by molar-refractivity contribution is 7.53. The average molecular weight is 278 g/mol. The zero-order chi connectivity index (χ0) is 13.6. The predicted molar refractivity (Wildman–Crippen MR) is 75.8 cm³/mol. The Labute approximate surface area is 112 Å². The summed E-state index contributed by atoms with van der Waals surface area (Å²) < 4.78 is 22.1. The summed E-state index contributed by atoms with van der Waals surface area (Å²) in [5, 5.41) is 0. The van der Waals surface area contributed by atoms with E-state index in [-0.39, 0.29) is 0 Å². The number of benzene rings is 2. The fourth-order valence-electron chi connectivity index (χ4n) is 1.30. The first-order valence-electron chi connectivity index (χ1n) is 5.72. The van der Waals surface area contributed by atoms with E-state index in [0.29, 0.717) is 11.4 Å². The molecule has 2 aromatic rings. The summed E-state index contributed by atoms with van der Waals surface area (Å²) in [6.07, 6.45) is 0. The normalized spacial score (nSPS) is 11.0. The second-order valence-corrected chi connectivity index (χ2v) is 5.80. The van der Waals surface area contributed by atoms with Crippen molar-refractivity contribution in [3.8, 4) is 0 Å². The van der Waals surface area contributed by atoms with Gasteiger partial charge in [-0.25, -0.2) is 0 Å². The number of para-hydroxylation sites is 2. The lowest BCUT2D eigenvalue weighted by Crippen LogP contribution is -2.05. The Balaban J connectivity index is 1.84. The molecule has 0 fully saturated rings. The van der Waals surface area contributed by atoms with E-state index in [1.165, 1.54) is 6.66 Å². The molecule has 6 heteroatoms.